The lowest BCUT2D eigenvalue weighted by atomic mass is 10.3. The minimum atomic E-state index is -3.14. The zero-order chi connectivity index (χ0) is 15.7. The highest BCUT2D eigenvalue weighted by Gasteiger charge is 2.38. The normalized spacial score (nSPS) is 23.9. The van der Waals surface area contributed by atoms with Gasteiger partial charge in [-0.2, -0.15) is 5.26 Å². The van der Waals surface area contributed by atoms with Gasteiger partial charge in [0.1, 0.15) is 11.8 Å². The average Bonchev–Trinajstić information content (AvgIpc) is 3.19. The number of nitriles is 1. The number of hydrogen-bond acceptors (Lipinski definition) is 4. The van der Waals surface area contributed by atoms with Crippen molar-refractivity contribution in [3.63, 3.8) is 0 Å². The van der Waals surface area contributed by atoms with E-state index < -0.39 is 10.0 Å². The van der Waals surface area contributed by atoms with Gasteiger partial charge in [0.15, 0.2) is 0 Å². The van der Waals surface area contributed by atoms with Crippen molar-refractivity contribution >= 4 is 10.0 Å². The van der Waals surface area contributed by atoms with Gasteiger partial charge in [-0.25, -0.2) is 12.7 Å². The Bertz CT molecular complexity index is 683. The SMILES string of the molecule is Cn1cc(CN2CCC(S(=O)(=O)N3CCCC3)C2)cc1C#N. The van der Waals surface area contributed by atoms with Gasteiger partial charge in [-0.3, -0.25) is 4.90 Å². The van der Waals surface area contributed by atoms with Gasteiger partial charge in [0.2, 0.25) is 10.0 Å². The Balaban J connectivity index is 1.63. The summed E-state index contributed by atoms with van der Waals surface area (Å²) in [5.41, 5.74) is 1.70. The fraction of sp³-hybridized carbons (Fsp3) is 0.667. The molecule has 1 atom stereocenters. The first-order valence-corrected chi connectivity index (χ1v) is 9.27. The third-order valence-corrected chi connectivity index (χ3v) is 6.97. The maximum Gasteiger partial charge on any atom is 0.218 e. The number of nitrogens with zero attached hydrogens (tertiary/aromatic N) is 4. The van der Waals surface area contributed by atoms with Crippen LogP contribution in [-0.4, -0.2) is 53.6 Å². The summed E-state index contributed by atoms with van der Waals surface area (Å²) in [7, 11) is -1.28. The predicted octanol–water partition coefficient (Wildman–Crippen LogP) is 0.897. The second-order valence-corrected chi connectivity index (χ2v) is 8.47. The van der Waals surface area contributed by atoms with Crippen LogP contribution in [0.1, 0.15) is 30.5 Å². The van der Waals surface area contributed by atoms with Gasteiger partial charge < -0.3 is 4.57 Å². The lowest BCUT2D eigenvalue weighted by Crippen LogP contribution is -2.38. The number of hydrogen-bond donors (Lipinski definition) is 0. The Labute approximate surface area is 132 Å². The molecule has 7 heteroatoms. The average molecular weight is 322 g/mol. The van der Waals surface area contributed by atoms with Crippen LogP contribution in [0.25, 0.3) is 0 Å². The van der Waals surface area contributed by atoms with E-state index in [1.807, 2.05) is 23.9 Å². The smallest absolute Gasteiger partial charge is 0.218 e. The molecule has 6 nitrogen and oxygen atoms in total. The number of sulfonamides is 1. The standard InChI is InChI=1S/C15H22N4O2S/c1-17-10-13(8-14(17)9-16)11-18-7-4-15(12-18)22(20,21)19-5-2-3-6-19/h8,10,15H,2-7,11-12H2,1H3. The van der Waals surface area contributed by atoms with Crippen LogP contribution >= 0.6 is 0 Å². The molecule has 0 spiro atoms. The summed E-state index contributed by atoms with van der Waals surface area (Å²) >= 11 is 0. The van der Waals surface area contributed by atoms with E-state index in [4.69, 9.17) is 5.26 Å². The van der Waals surface area contributed by atoms with E-state index in [0.717, 1.165) is 24.9 Å². The quantitative estimate of drug-likeness (QED) is 0.826. The van der Waals surface area contributed by atoms with Gasteiger partial charge >= 0.3 is 0 Å². The Kier molecular flexibility index (Phi) is 4.26. The van der Waals surface area contributed by atoms with E-state index in [1.165, 1.54) is 0 Å². The number of aryl methyl sites for hydroxylation is 1. The molecule has 0 saturated carbocycles. The zero-order valence-electron chi connectivity index (χ0n) is 12.9. The van der Waals surface area contributed by atoms with Crippen LogP contribution in [0.4, 0.5) is 0 Å². The molecule has 22 heavy (non-hydrogen) atoms. The molecule has 0 radical (unpaired) electrons. The van der Waals surface area contributed by atoms with Crippen LogP contribution in [0.5, 0.6) is 0 Å². The molecule has 2 fully saturated rings. The molecule has 1 aromatic rings. The lowest BCUT2D eigenvalue weighted by molar-refractivity contribution is 0.330. The Morgan fingerprint density at radius 1 is 1.32 bits per heavy atom. The first-order valence-electron chi connectivity index (χ1n) is 7.77. The van der Waals surface area contributed by atoms with Crippen LogP contribution in [0.15, 0.2) is 12.3 Å². The topological polar surface area (TPSA) is 69.3 Å². The fourth-order valence-electron chi connectivity index (χ4n) is 3.43. The maximum absolute atomic E-state index is 12.6. The molecule has 0 aromatic carbocycles. The second-order valence-electron chi connectivity index (χ2n) is 6.25. The van der Waals surface area contributed by atoms with Crippen molar-refractivity contribution < 1.29 is 8.42 Å². The summed E-state index contributed by atoms with van der Waals surface area (Å²) in [4.78, 5) is 2.18. The summed E-state index contributed by atoms with van der Waals surface area (Å²) in [6.07, 6.45) is 4.62. The summed E-state index contributed by atoms with van der Waals surface area (Å²) in [6.45, 7) is 3.47. The monoisotopic (exact) mass is 322 g/mol. The van der Waals surface area contributed by atoms with Crippen LogP contribution in [0.2, 0.25) is 0 Å². The molecule has 0 amide bonds. The zero-order valence-corrected chi connectivity index (χ0v) is 13.7. The summed E-state index contributed by atoms with van der Waals surface area (Å²) in [5, 5.41) is 8.72. The second kappa shape index (κ2) is 6.03. The molecule has 0 aliphatic carbocycles. The van der Waals surface area contributed by atoms with E-state index in [0.29, 0.717) is 38.3 Å². The molecular formula is C15H22N4O2S. The van der Waals surface area contributed by atoms with Gasteiger partial charge in [-0.1, -0.05) is 0 Å². The number of likely N-dealkylation sites (tertiary alicyclic amines) is 1. The van der Waals surface area contributed by atoms with Gasteiger partial charge in [0, 0.05) is 39.4 Å². The summed E-state index contributed by atoms with van der Waals surface area (Å²) < 4.78 is 28.7. The van der Waals surface area contributed by atoms with Crippen molar-refractivity contribution in [3.8, 4) is 6.07 Å². The van der Waals surface area contributed by atoms with Gasteiger partial charge in [0.05, 0.1) is 5.25 Å². The van der Waals surface area contributed by atoms with Gasteiger partial charge in [-0.05, 0) is 37.4 Å². The third-order valence-electron chi connectivity index (χ3n) is 4.66. The van der Waals surface area contributed by atoms with Crippen molar-refractivity contribution in [3.05, 3.63) is 23.5 Å². The third kappa shape index (κ3) is 2.91. The molecule has 2 aliphatic rings. The summed E-state index contributed by atoms with van der Waals surface area (Å²) in [5.74, 6) is 0. The molecule has 0 N–H and O–H groups in total. The van der Waals surface area contributed by atoms with Crippen LogP contribution in [0.3, 0.4) is 0 Å². The minimum absolute atomic E-state index is 0.273. The summed E-state index contributed by atoms with van der Waals surface area (Å²) in [6, 6.07) is 4.03. The first-order chi connectivity index (χ1) is 10.5. The van der Waals surface area contributed by atoms with E-state index in [2.05, 4.69) is 11.0 Å². The largest absolute Gasteiger partial charge is 0.342 e. The van der Waals surface area contributed by atoms with E-state index in [-0.39, 0.29) is 5.25 Å². The highest BCUT2D eigenvalue weighted by Crippen LogP contribution is 2.25. The van der Waals surface area contributed by atoms with Crippen LogP contribution in [0, 0.1) is 11.3 Å². The van der Waals surface area contributed by atoms with Crippen molar-refractivity contribution in [2.45, 2.75) is 31.1 Å². The van der Waals surface area contributed by atoms with E-state index >= 15 is 0 Å². The molecule has 3 rings (SSSR count). The minimum Gasteiger partial charge on any atom is -0.342 e. The van der Waals surface area contributed by atoms with Crippen molar-refractivity contribution in [1.82, 2.24) is 13.8 Å². The maximum atomic E-state index is 12.6. The Morgan fingerprint density at radius 3 is 2.68 bits per heavy atom. The highest BCUT2D eigenvalue weighted by atomic mass is 32.2. The van der Waals surface area contributed by atoms with E-state index in [1.54, 1.807) is 4.31 Å². The Morgan fingerprint density at radius 2 is 2.05 bits per heavy atom. The highest BCUT2D eigenvalue weighted by molar-refractivity contribution is 7.89. The molecule has 2 saturated heterocycles. The Hall–Kier alpha value is -1.36. The first kappa shape index (κ1) is 15.5. The van der Waals surface area contributed by atoms with Crippen LogP contribution in [-0.2, 0) is 23.6 Å². The molecule has 120 valence electrons. The molecule has 1 unspecified atom stereocenters. The van der Waals surface area contributed by atoms with Gasteiger partial charge in [0.25, 0.3) is 0 Å². The van der Waals surface area contributed by atoms with Crippen molar-refractivity contribution in [2.75, 3.05) is 26.2 Å². The van der Waals surface area contributed by atoms with Crippen LogP contribution < -0.4 is 0 Å². The molecule has 3 heterocycles. The number of aromatic nitrogens is 1. The predicted molar refractivity (Wildman–Crippen MR) is 83.5 cm³/mol. The van der Waals surface area contributed by atoms with Crippen molar-refractivity contribution in [1.29, 1.82) is 5.26 Å². The lowest BCUT2D eigenvalue weighted by Gasteiger charge is -2.21. The fourth-order valence-corrected chi connectivity index (χ4v) is 5.42. The molecule has 2 aliphatic heterocycles. The molecule has 1 aromatic heterocycles. The van der Waals surface area contributed by atoms with Gasteiger partial charge in [-0.15, -0.1) is 0 Å². The molecular weight excluding hydrogens is 300 g/mol. The van der Waals surface area contributed by atoms with Crippen molar-refractivity contribution in [2.24, 2.45) is 7.05 Å². The number of rotatable bonds is 4. The van der Waals surface area contributed by atoms with E-state index in [9.17, 15) is 8.42 Å². The molecule has 0 bridgehead atoms.